The van der Waals surface area contributed by atoms with Crippen molar-refractivity contribution in [3.05, 3.63) is 5.82 Å². The minimum Gasteiger partial charge on any atom is -0.481 e. The molecule has 0 spiro atoms. The second-order valence-corrected chi connectivity index (χ2v) is 5.02. The van der Waals surface area contributed by atoms with Crippen LogP contribution in [0, 0.1) is 5.92 Å². The van der Waals surface area contributed by atoms with E-state index in [1.54, 1.807) is 4.68 Å². The summed E-state index contributed by atoms with van der Waals surface area (Å²) < 4.78 is 1.64. The molecule has 100 valence electrons. The van der Waals surface area contributed by atoms with Gasteiger partial charge in [0.2, 0.25) is 0 Å². The first kappa shape index (κ1) is 13.0. The van der Waals surface area contributed by atoms with E-state index in [9.17, 15) is 4.79 Å². The minimum atomic E-state index is -0.814. The molecule has 1 saturated carbocycles. The number of tetrazole rings is 1. The summed E-state index contributed by atoms with van der Waals surface area (Å²) in [5.74, 6) is 0.677. The number of aliphatic carboxylic acids is 1. The Morgan fingerprint density at radius 1 is 1.28 bits per heavy atom. The Bertz CT molecular complexity index is 383. The van der Waals surface area contributed by atoms with E-state index in [4.69, 9.17) is 5.11 Å². The van der Waals surface area contributed by atoms with Gasteiger partial charge in [-0.3, -0.25) is 4.79 Å². The van der Waals surface area contributed by atoms with Gasteiger partial charge in [-0.2, -0.15) is 0 Å². The lowest BCUT2D eigenvalue weighted by Crippen LogP contribution is -2.13. The fraction of sp³-hybridized carbons (Fsp3) is 0.833. The van der Waals surface area contributed by atoms with Crippen molar-refractivity contribution in [2.24, 2.45) is 5.92 Å². The number of nitrogens with zero attached hydrogens (tertiary/aromatic N) is 4. The van der Waals surface area contributed by atoms with Crippen LogP contribution in [0.3, 0.4) is 0 Å². The Hall–Kier alpha value is -1.46. The molecule has 2 rings (SSSR count). The van der Waals surface area contributed by atoms with Crippen LogP contribution in [0.25, 0.3) is 0 Å². The average molecular weight is 252 g/mol. The molecule has 6 heteroatoms. The Balaban J connectivity index is 1.91. The van der Waals surface area contributed by atoms with E-state index in [2.05, 4.69) is 15.5 Å². The predicted octanol–water partition coefficient (Wildman–Crippen LogP) is 1.66. The van der Waals surface area contributed by atoms with Gasteiger partial charge in [0.05, 0.1) is 13.0 Å². The van der Waals surface area contributed by atoms with Crippen LogP contribution in [-0.4, -0.2) is 31.3 Å². The maximum absolute atomic E-state index is 10.6. The molecule has 6 nitrogen and oxygen atoms in total. The van der Waals surface area contributed by atoms with Crippen molar-refractivity contribution in [2.45, 2.75) is 57.9 Å². The number of hydrogen-bond acceptors (Lipinski definition) is 4. The maximum atomic E-state index is 10.6. The smallest absolute Gasteiger partial charge is 0.305 e. The summed E-state index contributed by atoms with van der Waals surface area (Å²) in [4.78, 5) is 10.6. The van der Waals surface area contributed by atoms with Crippen molar-refractivity contribution in [3.8, 4) is 0 Å². The number of carboxylic acids is 1. The van der Waals surface area contributed by atoms with Crippen LogP contribution >= 0.6 is 0 Å². The Morgan fingerprint density at radius 3 is 2.67 bits per heavy atom. The molecule has 1 aliphatic carbocycles. The highest BCUT2D eigenvalue weighted by Crippen LogP contribution is 2.25. The van der Waals surface area contributed by atoms with E-state index in [1.165, 1.54) is 38.5 Å². The van der Waals surface area contributed by atoms with E-state index >= 15 is 0 Å². The van der Waals surface area contributed by atoms with E-state index in [1.807, 2.05) is 0 Å². The number of aryl methyl sites for hydroxylation is 1. The third kappa shape index (κ3) is 3.78. The van der Waals surface area contributed by atoms with Crippen LogP contribution in [0.5, 0.6) is 0 Å². The normalized spacial score (nSPS) is 17.6. The Morgan fingerprint density at radius 2 is 2.00 bits per heavy atom. The third-order valence-corrected chi connectivity index (χ3v) is 3.59. The highest BCUT2D eigenvalue weighted by Gasteiger charge is 2.17. The molecular weight excluding hydrogens is 232 g/mol. The van der Waals surface area contributed by atoms with Gasteiger partial charge < -0.3 is 5.11 Å². The molecule has 0 amide bonds. The zero-order valence-corrected chi connectivity index (χ0v) is 10.6. The number of hydrogen-bond donors (Lipinski definition) is 1. The van der Waals surface area contributed by atoms with Gasteiger partial charge in [0, 0.05) is 6.42 Å². The summed E-state index contributed by atoms with van der Waals surface area (Å²) in [6.45, 7) is 0.365. The number of rotatable bonds is 5. The van der Waals surface area contributed by atoms with Crippen molar-refractivity contribution in [1.29, 1.82) is 0 Å². The summed E-state index contributed by atoms with van der Waals surface area (Å²) in [7, 11) is 0. The van der Waals surface area contributed by atoms with Crippen molar-refractivity contribution in [3.63, 3.8) is 0 Å². The van der Waals surface area contributed by atoms with E-state index < -0.39 is 5.97 Å². The summed E-state index contributed by atoms with van der Waals surface area (Å²) in [5, 5.41) is 20.2. The first-order valence-electron chi connectivity index (χ1n) is 6.72. The number of carbonyl (C=O) groups is 1. The average Bonchev–Trinajstić information content (AvgIpc) is 2.60. The van der Waals surface area contributed by atoms with Crippen LogP contribution in [0.1, 0.15) is 50.8 Å². The molecule has 0 aromatic carbocycles. The molecule has 1 aromatic rings. The van der Waals surface area contributed by atoms with Gasteiger partial charge in [0.25, 0.3) is 0 Å². The summed E-state index contributed by atoms with van der Waals surface area (Å²) in [6.07, 6.45) is 8.69. The lowest BCUT2D eigenvalue weighted by molar-refractivity contribution is -0.137. The standard InChI is InChI=1S/C12H20N4O2/c17-12(18)7-8-16-11(13-14-15-16)9-10-5-3-1-2-4-6-10/h10H,1-9H2,(H,17,18). The SMILES string of the molecule is O=C(O)CCn1nnnc1CC1CCCCCC1. The predicted molar refractivity (Wildman–Crippen MR) is 65.0 cm³/mol. The minimum absolute atomic E-state index is 0.0721. The number of aromatic nitrogens is 4. The molecule has 0 radical (unpaired) electrons. The first-order chi connectivity index (χ1) is 8.75. The molecule has 1 aliphatic rings. The van der Waals surface area contributed by atoms with Crippen molar-refractivity contribution in [2.75, 3.05) is 0 Å². The second-order valence-electron chi connectivity index (χ2n) is 5.02. The summed E-state index contributed by atoms with van der Waals surface area (Å²) in [6, 6.07) is 0. The molecule has 18 heavy (non-hydrogen) atoms. The molecule has 0 aliphatic heterocycles. The maximum Gasteiger partial charge on any atom is 0.305 e. The van der Waals surface area contributed by atoms with Crippen LogP contribution in [0.15, 0.2) is 0 Å². The monoisotopic (exact) mass is 252 g/mol. The number of carboxylic acid groups (broad SMARTS) is 1. The zero-order chi connectivity index (χ0) is 12.8. The van der Waals surface area contributed by atoms with E-state index in [0.29, 0.717) is 12.5 Å². The van der Waals surface area contributed by atoms with Gasteiger partial charge in [-0.05, 0) is 16.3 Å². The lowest BCUT2D eigenvalue weighted by atomic mass is 9.96. The highest BCUT2D eigenvalue weighted by atomic mass is 16.4. The molecule has 1 fully saturated rings. The largest absolute Gasteiger partial charge is 0.481 e. The van der Waals surface area contributed by atoms with Gasteiger partial charge in [0.15, 0.2) is 5.82 Å². The van der Waals surface area contributed by atoms with E-state index in [0.717, 1.165) is 12.2 Å². The molecule has 0 unspecified atom stereocenters. The zero-order valence-electron chi connectivity index (χ0n) is 10.6. The fourth-order valence-corrected chi connectivity index (χ4v) is 2.57. The molecule has 1 heterocycles. The lowest BCUT2D eigenvalue weighted by Gasteiger charge is -2.12. The third-order valence-electron chi connectivity index (χ3n) is 3.59. The summed E-state index contributed by atoms with van der Waals surface area (Å²) >= 11 is 0. The topological polar surface area (TPSA) is 80.9 Å². The van der Waals surface area contributed by atoms with Crippen LogP contribution in [0.2, 0.25) is 0 Å². The Kier molecular flexibility index (Phi) is 4.66. The van der Waals surface area contributed by atoms with Crippen molar-refractivity contribution < 1.29 is 9.90 Å². The molecular formula is C12H20N4O2. The summed E-state index contributed by atoms with van der Waals surface area (Å²) in [5.41, 5.74) is 0. The molecule has 0 bridgehead atoms. The van der Waals surface area contributed by atoms with Crippen LogP contribution < -0.4 is 0 Å². The van der Waals surface area contributed by atoms with Gasteiger partial charge in [-0.15, -0.1) is 5.10 Å². The van der Waals surface area contributed by atoms with Gasteiger partial charge in [-0.25, -0.2) is 4.68 Å². The first-order valence-corrected chi connectivity index (χ1v) is 6.72. The van der Waals surface area contributed by atoms with Crippen molar-refractivity contribution in [1.82, 2.24) is 20.2 Å². The fourth-order valence-electron chi connectivity index (χ4n) is 2.57. The van der Waals surface area contributed by atoms with Crippen LogP contribution in [-0.2, 0) is 17.8 Å². The van der Waals surface area contributed by atoms with Gasteiger partial charge >= 0.3 is 5.97 Å². The van der Waals surface area contributed by atoms with E-state index in [-0.39, 0.29) is 6.42 Å². The molecule has 0 saturated heterocycles. The second kappa shape index (κ2) is 6.47. The molecule has 0 atom stereocenters. The molecule has 1 N–H and O–H groups in total. The van der Waals surface area contributed by atoms with Gasteiger partial charge in [0.1, 0.15) is 0 Å². The highest BCUT2D eigenvalue weighted by molar-refractivity contribution is 5.66. The molecule has 1 aromatic heterocycles. The quantitative estimate of drug-likeness (QED) is 0.806. The Labute approximate surface area is 106 Å². The van der Waals surface area contributed by atoms with Gasteiger partial charge in [-0.1, -0.05) is 38.5 Å². The van der Waals surface area contributed by atoms with Crippen molar-refractivity contribution >= 4 is 5.97 Å². The van der Waals surface area contributed by atoms with Crippen LogP contribution in [0.4, 0.5) is 0 Å².